The zero-order chi connectivity index (χ0) is 10.5. The maximum Gasteiger partial charge on any atom is 0.328 e. The molecule has 0 rings (SSSR count). The van der Waals surface area contributed by atoms with Crippen molar-refractivity contribution < 1.29 is 19.4 Å². The van der Waals surface area contributed by atoms with Gasteiger partial charge in [-0.15, -0.1) is 0 Å². The van der Waals surface area contributed by atoms with E-state index in [-0.39, 0.29) is 12.3 Å². The van der Waals surface area contributed by atoms with Gasteiger partial charge in [0.15, 0.2) is 0 Å². The number of ether oxygens (including phenoxy) is 1. The highest BCUT2D eigenvalue weighted by Crippen LogP contribution is 2.01. The molecule has 5 nitrogen and oxygen atoms in total. The summed E-state index contributed by atoms with van der Waals surface area (Å²) >= 11 is 0. The number of carbonyl (C=O) groups is 2. The molecule has 1 amide bonds. The highest BCUT2D eigenvalue weighted by atomic mass is 16.5. The molecule has 0 atom stereocenters. The lowest BCUT2D eigenvalue weighted by Gasteiger charge is -2.20. The Morgan fingerprint density at radius 1 is 1.46 bits per heavy atom. The van der Waals surface area contributed by atoms with Crippen LogP contribution >= 0.6 is 0 Å². The molecule has 0 saturated heterocycles. The monoisotopic (exact) mass is 189 g/mol. The van der Waals surface area contributed by atoms with Crippen LogP contribution in [0.1, 0.15) is 20.3 Å². The fraction of sp³-hybridized carbons (Fsp3) is 0.750. The van der Waals surface area contributed by atoms with Crippen molar-refractivity contribution in [2.24, 2.45) is 0 Å². The van der Waals surface area contributed by atoms with Crippen LogP contribution in [0.25, 0.3) is 0 Å². The summed E-state index contributed by atoms with van der Waals surface area (Å²) in [6, 6.07) is 0. The zero-order valence-electron chi connectivity index (χ0n) is 8.09. The first kappa shape index (κ1) is 11.9. The predicted octanol–water partition coefficient (Wildman–Crippen LogP) is 0.00230. The standard InChI is InChI=1S/C8H15NO4/c1-8(2,7(11)12)9-6(10)4-5-13-3/h4-5H2,1-3H3,(H,9,10)(H,11,12). The molecule has 0 aliphatic rings. The highest BCUT2D eigenvalue weighted by Gasteiger charge is 2.28. The Labute approximate surface area is 77.1 Å². The predicted molar refractivity (Wildman–Crippen MR) is 46.4 cm³/mol. The molecule has 0 saturated carbocycles. The van der Waals surface area contributed by atoms with Crippen molar-refractivity contribution in [3.63, 3.8) is 0 Å². The van der Waals surface area contributed by atoms with Crippen molar-refractivity contribution in [2.75, 3.05) is 13.7 Å². The van der Waals surface area contributed by atoms with Crippen molar-refractivity contribution in [2.45, 2.75) is 25.8 Å². The smallest absolute Gasteiger partial charge is 0.328 e. The van der Waals surface area contributed by atoms with Gasteiger partial charge in [-0.05, 0) is 13.8 Å². The fourth-order valence-electron chi connectivity index (χ4n) is 0.659. The van der Waals surface area contributed by atoms with Crippen LogP contribution in [0.5, 0.6) is 0 Å². The summed E-state index contributed by atoms with van der Waals surface area (Å²) in [6.07, 6.45) is 0.174. The largest absolute Gasteiger partial charge is 0.480 e. The molecule has 2 N–H and O–H groups in total. The number of rotatable bonds is 5. The molecule has 0 aliphatic carbocycles. The van der Waals surface area contributed by atoms with E-state index < -0.39 is 11.5 Å². The number of nitrogens with one attached hydrogen (secondary N) is 1. The third-order valence-electron chi connectivity index (χ3n) is 1.52. The van der Waals surface area contributed by atoms with Gasteiger partial charge in [-0.2, -0.15) is 0 Å². The lowest BCUT2D eigenvalue weighted by Crippen LogP contribution is -2.49. The van der Waals surface area contributed by atoms with Crippen molar-refractivity contribution >= 4 is 11.9 Å². The van der Waals surface area contributed by atoms with Crippen LogP contribution < -0.4 is 5.32 Å². The van der Waals surface area contributed by atoms with E-state index in [9.17, 15) is 9.59 Å². The minimum atomic E-state index is -1.22. The van der Waals surface area contributed by atoms with Crippen molar-refractivity contribution in [3.05, 3.63) is 0 Å². The van der Waals surface area contributed by atoms with Crippen LogP contribution in [-0.4, -0.2) is 36.2 Å². The maximum absolute atomic E-state index is 11.1. The third kappa shape index (κ3) is 4.47. The molecule has 0 aliphatic heterocycles. The molecule has 0 aromatic heterocycles. The fourth-order valence-corrected chi connectivity index (χ4v) is 0.659. The number of carboxylic acid groups (broad SMARTS) is 1. The first-order chi connectivity index (χ1) is 5.90. The number of hydrogen-bond acceptors (Lipinski definition) is 3. The molecular weight excluding hydrogens is 174 g/mol. The number of carboxylic acids is 1. The van der Waals surface area contributed by atoms with Gasteiger partial charge < -0.3 is 15.2 Å². The molecule has 0 heterocycles. The molecule has 0 fully saturated rings. The summed E-state index contributed by atoms with van der Waals surface area (Å²) in [6.45, 7) is 3.15. The Bertz CT molecular complexity index is 200. The van der Waals surface area contributed by atoms with Gasteiger partial charge in [-0.25, -0.2) is 4.79 Å². The van der Waals surface area contributed by atoms with Gasteiger partial charge in [0.1, 0.15) is 5.54 Å². The van der Waals surface area contributed by atoms with Gasteiger partial charge in [0.2, 0.25) is 5.91 Å². The number of amides is 1. The van der Waals surface area contributed by atoms with Crippen LogP contribution in [0, 0.1) is 0 Å². The van der Waals surface area contributed by atoms with Gasteiger partial charge in [-0.3, -0.25) is 4.79 Å². The molecule has 0 spiro atoms. The second-order valence-corrected chi connectivity index (χ2v) is 3.22. The van der Waals surface area contributed by atoms with E-state index in [1.807, 2.05) is 0 Å². The van der Waals surface area contributed by atoms with E-state index in [1.54, 1.807) is 0 Å². The minimum Gasteiger partial charge on any atom is -0.480 e. The van der Waals surface area contributed by atoms with E-state index in [4.69, 9.17) is 5.11 Å². The van der Waals surface area contributed by atoms with Gasteiger partial charge in [-0.1, -0.05) is 0 Å². The number of aliphatic carboxylic acids is 1. The Morgan fingerprint density at radius 3 is 2.38 bits per heavy atom. The lowest BCUT2D eigenvalue weighted by molar-refractivity contribution is -0.146. The molecule has 0 radical (unpaired) electrons. The first-order valence-electron chi connectivity index (χ1n) is 3.93. The molecule has 5 heteroatoms. The Hall–Kier alpha value is -1.10. The molecular formula is C8H15NO4. The van der Waals surface area contributed by atoms with E-state index in [0.29, 0.717) is 6.61 Å². The van der Waals surface area contributed by atoms with E-state index in [1.165, 1.54) is 21.0 Å². The number of methoxy groups -OCH3 is 1. The molecule has 76 valence electrons. The normalized spacial score (nSPS) is 11.0. The molecule has 0 bridgehead atoms. The Balaban J connectivity index is 3.97. The minimum absolute atomic E-state index is 0.174. The van der Waals surface area contributed by atoms with Crippen LogP contribution in [-0.2, 0) is 14.3 Å². The summed E-state index contributed by atoms with van der Waals surface area (Å²) in [7, 11) is 1.48. The molecule has 0 aromatic carbocycles. The van der Waals surface area contributed by atoms with Crippen molar-refractivity contribution in [3.8, 4) is 0 Å². The molecule has 13 heavy (non-hydrogen) atoms. The van der Waals surface area contributed by atoms with Crippen molar-refractivity contribution in [1.29, 1.82) is 0 Å². The SMILES string of the molecule is COCCC(=O)NC(C)(C)C(=O)O. The lowest BCUT2D eigenvalue weighted by atomic mass is 10.1. The second-order valence-electron chi connectivity index (χ2n) is 3.22. The average Bonchev–Trinajstić information content (AvgIpc) is 1.99. The summed E-state index contributed by atoms with van der Waals surface area (Å²) < 4.78 is 4.68. The Kier molecular flexibility index (Phi) is 4.40. The van der Waals surface area contributed by atoms with Gasteiger partial charge in [0.25, 0.3) is 0 Å². The van der Waals surface area contributed by atoms with E-state index >= 15 is 0 Å². The first-order valence-corrected chi connectivity index (χ1v) is 3.93. The Morgan fingerprint density at radius 2 is 2.00 bits per heavy atom. The van der Waals surface area contributed by atoms with Gasteiger partial charge >= 0.3 is 5.97 Å². The van der Waals surface area contributed by atoms with Gasteiger partial charge in [0, 0.05) is 13.5 Å². The van der Waals surface area contributed by atoms with Crippen LogP contribution in [0.15, 0.2) is 0 Å². The topological polar surface area (TPSA) is 75.6 Å². The average molecular weight is 189 g/mol. The summed E-state index contributed by atoms with van der Waals surface area (Å²) in [5, 5.41) is 11.0. The van der Waals surface area contributed by atoms with Crippen molar-refractivity contribution in [1.82, 2.24) is 5.32 Å². The number of hydrogen-bond donors (Lipinski definition) is 2. The number of carbonyl (C=O) groups excluding carboxylic acids is 1. The van der Waals surface area contributed by atoms with Crippen LogP contribution in [0.4, 0.5) is 0 Å². The van der Waals surface area contributed by atoms with Crippen LogP contribution in [0.3, 0.4) is 0 Å². The third-order valence-corrected chi connectivity index (χ3v) is 1.52. The van der Waals surface area contributed by atoms with Gasteiger partial charge in [0.05, 0.1) is 6.61 Å². The zero-order valence-corrected chi connectivity index (χ0v) is 8.09. The maximum atomic E-state index is 11.1. The van der Waals surface area contributed by atoms with E-state index in [2.05, 4.69) is 10.1 Å². The summed E-state index contributed by atoms with van der Waals surface area (Å²) in [5.74, 6) is -1.38. The molecule has 0 aromatic rings. The van der Waals surface area contributed by atoms with Crippen LogP contribution in [0.2, 0.25) is 0 Å². The summed E-state index contributed by atoms with van der Waals surface area (Å²) in [5.41, 5.74) is -1.22. The highest BCUT2D eigenvalue weighted by molar-refractivity contribution is 5.86. The summed E-state index contributed by atoms with van der Waals surface area (Å²) in [4.78, 5) is 21.7. The second kappa shape index (κ2) is 4.81. The molecule has 0 unspecified atom stereocenters. The van der Waals surface area contributed by atoms with E-state index in [0.717, 1.165) is 0 Å². The quantitative estimate of drug-likeness (QED) is 0.638.